The van der Waals surface area contributed by atoms with Crippen LogP contribution >= 0.6 is 0 Å². The monoisotopic (exact) mass is 644 g/mol. The van der Waals surface area contributed by atoms with E-state index in [0.717, 1.165) is 83.5 Å². The molecule has 0 spiro atoms. The molecule has 9 rings (SSSR count). The summed E-state index contributed by atoms with van der Waals surface area (Å²) < 4.78 is 2.28. The van der Waals surface area contributed by atoms with Gasteiger partial charge in [0.05, 0.1) is 27.5 Å². The second-order valence-electron chi connectivity index (χ2n) is 12.4. The van der Waals surface area contributed by atoms with E-state index in [2.05, 4.69) is 102 Å². The topological polar surface area (TPSA) is 68.9 Å². The SMILES string of the molecule is C/C=C\C(=C/CC)c1nc(-c2ccccc2)nc(-c2ccc(-c3ccc4c(c3)c3ccc5cccnc5c3c3nc5ccccc5n43)cc2)n1. The minimum absolute atomic E-state index is 0.644. The number of fused-ring (bicyclic) bond motifs is 10. The number of allylic oxidation sites excluding steroid dienone is 4. The fourth-order valence-corrected chi connectivity index (χ4v) is 6.96. The Balaban J connectivity index is 1.20. The van der Waals surface area contributed by atoms with Gasteiger partial charge in [0.15, 0.2) is 17.5 Å². The van der Waals surface area contributed by atoms with Crippen LogP contribution in [0.25, 0.3) is 88.7 Å². The van der Waals surface area contributed by atoms with Crippen LogP contribution in [0.2, 0.25) is 0 Å². The molecule has 6 heteroatoms. The molecule has 9 aromatic rings. The lowest BCUT2D eigenvalue weighted by molar-refractivity contribution is 1.03. The van der Waals surface area contributed by atoms with Gasteiger partial charge in [0, 0.05) is 33.7 Å². The van der Waals surface area contributed by atoms with Crippen LogP contribution in [0.4, 0.5) is 0 Å². The number of imidazole rings is 1. The Morgan fingerprint density at radius 2 is 1.38 bits per heavy atom. The fraction of sp³-hybridized carbons (Fsp3) is 0.0682. The Labute approximate surface area is 289 Å². The molecule has 0 unspecified atom stereocenters. The van der Waals surface area contributed by atoms with Gasteiger partial charge in [-0.25, -0.2) is 19.9 Å². The first-order valence-electron chi connectivity index (χ1n) is 17.0. The van der Waals surface area contributed by atoms with Crippen molar-refractivity contribution < 1.29 is 0 Å². The smallest absolute Gasteiger partial charge is 0.164 e. The number of hydrogen-bond donors (Lipinski definition) is 0. The van der Waals surface area contributed by atoms with Gasteiger partial charge in [0.1, 0.15) is 5.65 Å². The van der Waals surface area contributed by atoms with Gasteiger partial charge in [-0.15, -0.1) is 0 Å². The second-order valence-corrected chi connectivity index (χ2v) is 12.4. The molecule has 0 aliphatic heterocycles. The molecule has 5 aromatic carbocycles. The number of benzene rings is 5. The van der Waals surface area contributed by atoms with Gasteiger partial charge < -0.3 is 0 Å². The number of hydrogen-bond acceptors (Lipinski definition) is 5. The molecule has 4 aromatic heterocycles. The highest BCUT2D eigenvalue weighted by Crippen LogP contribution is 2.38. The van der Waals surface area contributed by atoms with E-state index in [1.165, 1.54) is 0 Å². The van der Waals surface area contributed by atoms with Gasteiger partial charge in [0.25, 0.3) is 0 Å². The predicted molar refractivity (Wildman–Crippen MR) is 206 cm³/mol. The van der Waals surface area contributed by atoms with Gasteiger partial charge in [-0.3, -0.25) is 9.38 Å². The van der Waals surface area contributed by atoms with Crippen LogP contribution in [0.5, 0.6) is 0 Å². The molecule has 6 nitrogen and oxygen atoms in total. The average Bonchev–Trinajstić information content (AvgIpc) is 3.57. The van der Waals surface area contributed by atoms with E-state index in [4.69, 9.17) is 24.9 Å². The molecule has 4 heterocycles. The Morgan fingerprint density at radius 3 is 2.18 bits per heavy atom. The molecule has 0 aliphatic rings. The normalized spacial score (nSPS) is 12.3. The summed E-state index contributed by atoms with van der Waals surface area (Å²) in [4.78, 5) is 24.8. The van der Waals surface area contributed by atoms with Crippen LogP contribution in [0.1, 0.15) is 26.1 Å². The first kappa shape index (κ1) is 29.6. The molecule has 0 amide bonds. The highest BCUT2D eigenvalue weighted by molar-refractivity contribution is 6.22. The lowest BCUT2D eigenvalue weighted by atomic mass is 9.98. The van der Waals surface area contributed by atoms with Crippen molar-refractivity contribution in [2.45, 2.75) is 20.3 Å². The van der Waals surface area contributed by atoms with Gasteiger partial charge in [0.2, 0.25) is 0 Å². The molecule has 0 N–H and O–H groups in total. The molecule has 0 saturated heterocycles. The second kappa shape index (κ2) is 12.2. The van der Waals surface area contributed by atoms with Crippen LogP contribution in [-0.2, 0) is 0 Å². The molecule has 0 fully saturated rings. The fourth-order valence-electron chi connectivity index (χ4n) is 6.96. The molecule has 0 radical (unpaired) electrons. The third-order valence-corrected chi connectivity index (χ3v) is 9.26. The van der Waals surface area contributed by atoms with Crippen molar-refractivity contribution in [3.8, 4) is 33.9 Å². The summed E-state index contributed by atoms with van der Waals surface area (Å²) in [6.07, 6.45) is 8.98. The summed E-state index contributed by atoms with van der Waals surface area (Å²) >= 11 is 0. The van der Waals surface area contributed by atoms with Gasteiger partial charge in [-0.2, -0.15) is 0 Å². The summed E-state index contributed by atoms with van der Waals surface area (Å²) in [7, 11) is 0. The standard InChI is InChI=1S/C44H32N6/c1-3-11-30(12-4-2)41-47-42(31-13-6-5-7-14-31)49-43(48-41)32-20-18-28(19-21-32)33-23-25-37-35(27-33)34-24-22-29-15-10-26-45-40(29)39(34)44-46-36-16-8-9-17-38(36)50(37)44/h3,5-27H,4H2,1-2H3/b11-3-,30-12+. The first-order valence-corrected chi connectivity index (χ1v) is 17.0. The van der Waals surface area contributed by atoms with Crippen LogP contribution in [0, 0.1) is 0 Å². The molecule has 0 aliphatic carbocycles. The zero-order chi connectivity index (χ0) is 33.6. The summed E-state index contributed by atoms with van der Waals surface area (Å²) in [5, 5.41) is 4.45. The number of aromatic nitrogens is 6. The molecular weight excluding hydrogens is 613 g/mol. The maximum absolute atomic E-state index is 5.13. The molecule has 0 atom stereocenters. The molecule has 0 saturated carbocycles. The quantitative estimate of drug-likeness (QED) is 0.133. The number of pyridine rings is 2. The Kier molecular flexibility index (Phi) is 7.20. The third kappa shape index (κ3) is 4.92. The van der Waals surface area contributed by atoms with Crippen LogP contribution in [-0.4, -0.2) is 29.3 Å². The van der Waals surface area contributed by atoms with Gasteiger partial charge in [-0.05, 0) is 60.2 Å². The largest absolute Gasteiger partial charge is 0.292 e. The van der Waals surface area contributed by atoms with Crippen molar-refractivity contribution in [2.75, 3.05) is 0 Å². The lowest BCUT2D eigenvalue weighted by Gasteiger charge is -2.13. The molecular formula is C44H32N6. The minimum atomic E-state index is 0.644. The van der Waals surface area contributed by atoms with Gasteiger partial charge >= 0.3 is 0 Å². The summed E-state index contributed by atoms with van der Waals surface area (Å²) in [5.74, 6) is 1.97. The van der Waals surface area contributed by atoms with E-state index >= 15 is 0 Å². The zero-order valence-electron chi connectivity index (χ0n) is 27.7. The van der Waals surface area contributed by atoms with E-state index in [1.807, 2.05) is 61.7 Å². The summed E-state index contributed by atoms with van der Waals surface area (Å²) in [5.41, 5.74) is 10.1. The Morgan fingerprint density at radius 1 is 0.640 bits per heavy atom. The molecule has 50 heavy (non-hydrogen) atoms. The highest BCUT2D eigenvalue weighted by Gasteiger charge is 2.18. The zero-order valence-corrected chi connectivity index (χ0v) is 27.7. The van der Waals surface area contributed by atoms with E-state index < -0.39 is 0 Å². The number of nitrogens with zero attached hydrogens (tertiary/aromatic N) is 6. The molecule has 238 valence electrons. The van der Waals surface area contributed by atoms with Crippen molar-refractivity contribution in [1.29, 1.82) is 0 Å². The summed E-state index contributed by atoms with van der Waals surface area (Å²) in [6, 6.07) is 42.1. The van der Waals surface area contributed by atoms with Crippen molar-refractivity contribution in [3.05, 3.63) is 152 Å². The number of rotatable bonds is 6. The molecule has 0 bridgehead atoms. The first-order chi connectivity index (χ1) is 24.7. The Bertz CT molecular complexity index is 2790. The van der Waals surface area contributed by atoms with E-state index in [-0.39, 0.29) is 0 Å². The van der Waals surface area contributed by atoms with E-state index in [9.17, 15) is 0 Å². The average molecular weight is 645 g/mol. The van der Waals surface area contributed by atoms with Crippen LogP contribution < -0.4 is 0 Å². The maximum atomic E-state index is 5.13. The van der Waals surface area contributed by atoms with Crippen LogP contribution in [0.15, 0.2) is 146 Å². The Hall–Kier alpha value is -6.53. The van der Waals surface area contributed by atoms with Crippen molar-refractivity contribution >= 4 is 54.8 Å². The minimum Gasteiger partial charge on any atom is -0.292 e. The van der Waals surface area contributed by atoms with E-state index in [0.29, 0.717) is 17.5 Å². The number of para-hydroxylation sites is 2. The predicted octanol–water partition coefficient (Wildman–Crippen LogP) is 10.9. The highest BCUT2D eigenvalue weighted by atomic mass is 15.0. The van der Waals surface area contributed by atoms with Crippen molar-refractivity contribution in [1.82, 2.24) is 29.3 Å². The maximum Gasteiger partial charge on any atom is 0.164 e. The lowest BCUT2D eigenvalue weighted by Crippen LogP contribution is -2.02. The third-order valence-electron chi connectivity index (χ3n) is 9.26. The van der Waals surface area contributed by atoms with Crippen molar-refractivity contribution in [3.63, 3.8) is 0 Å². The van der Waals surface area contributed by atoms with E-state index in [1.54, 1.807) is 0 Å². The van der Waals surface area contributed by atoms with Gasteiger partial charge in [-0.1, -0.05) is 116 Å². The summed E-state index contributed by atoms with van der Waals surface area (Å²) in [6.45, 7) is 4.13. The van der Waals surface area contributed by atoms with Crippen molar-refractivity contribution in [2.24, 2.45) is 0 Å². The van der Waals surface area contributed by atoms with Crippen LogP contribution in [0.3, 0.4) is 0 Å².